The SMILES string of the molecule is CC(NC(=O)NC(C(=O)N1CC(C)(C)CC1C(=O)NC(CC1CC1)C(=O)C(N)=O)C1CCCCC1)C(=O)OC(C)(C)C. The Morgan fingerprint density at radius 3 is 2.12 bits per heavy atom. The molecule has 5 N–H and O–H groups in total. The van der Waals surface area contributed by atoms with Gasteiger partial charge in [-0.3, -0.25) is 19.2 Å². The summed E-state index contributed by atoms with van der Waals surface area (Å²) in [4.78, 5) is 78.9. The molecule has 2 saturated carbocycles. The highest BCUT2D eigenvalue weighted by molar-refractivity contribution is 6.37. The molecular weight excluding hydrogens is 542 g/mol. The molecule has 1 aliphatic heterocycles. The average molecular weight is 592 g/mol. The summed E-state index contributed by atoms with van der Waals surface area (Å²) in [6, 6.07) is -4.44. The van der Waals surface area contributed by atoms with Gasteiger partial charge in [0.2, 0.25) is 17.6 Å². The number of nitrogens with zero attached hydrogens (tertiary/aromatic N) is 1. The summed E-state index contributed by atoms with van der Waals surface area (Å²) in [7, 11) is 0. The number of rotatable bonds is 11. The number of carbonyl (C=O) groups excluding carboxylic acids is 6. The number of ketones is 1. The molecule has 4 atom stereocenters. The van der Waals surface area contributed by atoms with E-state index >= 15 is 0 Å². The first kappa shape index (κ1) is 33.3. The van der Waals surface area contributed by atoms with E-state index in [1.165, 1.54) is 11.8 Å². The van der Waals surface area contributed by atoms with Crippen molar-refractivity contribution in [2.24, 2.45) is 23.0 Å². The van der Waals surface area contributed by atoms with E-state index in [0.29, 0.717) is 12.8 Å². The van der Waals surface area contributed by atoms with Gasteiger partial charge in [-0.2, -0.15) is 0 Å². The van der Waals surface area contributed by atoms with Crippen LogP contribution in [-0.4, -0.2) is 76.7 Å². The summed E-state index contributed by atoms with van der Waals surface area (Å²) >= 11 is 0. The van der Waals surface area contributed by atoms with Crippen LogP contribution in [0.4, 0.5) is 4.79 Å². The molecule has 12 heteroatoms. The Morgan fingerprint density at radius 1 is 0.952 bits per heavy atom. The molecule has 0 aromatic carbocycles. The highest BCUT2D eigenvalue weighted by Gasteiger charge is 2.48. The fourth-order valence-electron chi connectivity index (χ4n) is 5.95. The molecule has 1 heterocycles. The van der Waals surface area contributed by atoms with Gasteiger partial charge in [0.15, 0.2) is 0 Å². The molecule has 3 rings (SSSR count). The normalized spacial score (nSPS) is 22.8. The Morgan fingerprint density at radius 2 is 1.57 bits per heavy atom. The standard InChI is InChI=1S/C30H49N5O7/c1-17(27(40)42-29(2,3)4)32-28(41)34-22(19-10-8-7-9-11-19)26(39)35-16-30(5,6)15-21(35)25(38)33-20(14-18-12-13-18)23(36)24(31)37/h17-22H,7-16H2,1-6H3,(H2,31,37)(H,33,38)(H2,32,34,41). The number of primary amides is 1. The summed E-state index contributed by atoms with van der Waals surface area (Å²) in [5.74, 6) is -3.33. The van der Waals surface area contributed by atoms with Crippen molar-refractivity contribution >= 4 is 35.5 Å². The summed E-state index contributed by atoms with van der Waals surface area (Å²) in [6.07, 6.45) is 6.87. The summed E-state index contributed by atoms with van der Waals surface area (Å²) in [6.45, 7) is 10.9. The lowest BCUT2D eigenvalue weighted by atomic mass is 9.83. The molecule has 0 spiro atoms. The third kappa shape index (κ3) is 9.42. The minimum absolute atomic E-state index is 0.139. The van der Waals surface area contributed by atoms with Crippen LogP contribution in [0.25, 0.3) is 0 Å². The van der Waals surface area contributed by atoms with Gasteiger partial charge in [0.25, 0.3) is 5.91 Å². The topological polar surface area (TPSA) is 177 Å². The Kier molecular flexibility index (Phi) is 10.6. The Bertz CT molecular complexity index is 1060. The van der Waals surface area contributed by atoms with Crippen LogP contribution in [-0.2, 0) is 28.7 Å². The highest BCUT2D eigenvalue weighted by atomic mass is 16.6. The minimum atomic E-state index is -1.10. The fraction of sp³-hybridized carbons (Fsp3) is 0.800. The van der Waals surface area contributed by atoms with Gasteiger partial charge in [-0.1, -0.05) is 46.0 Å². The maximum Gasteiger partial charge on any atom is 0.328 e. The van der Waals surface area contributed by atoms with Crippen molar-refractivity contribution in [1.82, 2.24) is 20.9 Å². The maximum atomic E-state index is 14.2. The number of esters is 1. The summed E-state index contributed by atoms with van der Waals surface area (Å²) in [5, 5.41) is 8.11. The van der Waals surface area contributed by atoms with Crippen LogP contribution in [0, 0.1) is 17.3 Å². The van der Waals surface area contributed by atoms with Gasteiger partial charge < -0.3 is 31.3 Å². The van der Waals surface area contributed by atoms with E-state index < -0.39 is 64.8 Å². The van der Waals surface area contributed by atoms with Gasteiger partial charge in [0.1, 0.15) is 23.7 Å². The van der Waals surface area contributed by atoms with Crippen molar-refractivity contribution < 1.29 is 33.5 Å². The number of nitrogens with two attached hydrogens (primary N) is 1. The fourth-order valence-corrected chi connectivity index (χ4v) is 5.95. The van der Waals surface area contributed by atoms with Crippen molar-refractivity contribution in [3.05, 3.63) is 0 Å². The number of urea groups is 1. The predicted molar refractivity (Wildman–Crippen MR) is 155 cm³/mol. The second-order valence-corrected chi connectivity index (χ2v) is 14.1. The third-order valence-electron chi connectivity index (χ3n) is 8.23. The largest absolute Gasteiger partial charge is 0.458 e. The smallest absolute Gasteiger partial charge is 0.328 e. The lowest BCUT2D eigenvalue weighted by Crippen LogP contribution is -2.59. The molecule has 5 amide bonds. The van der Waals surface area contributed by atoms with Crippen LogP contribution >= 0.6 is 0 Å². The molecule has 0 radical (unpaired) electrons. The first-order valence-electron chi connectivity index (χ1n) is 15.2. The van der Waals surface area contributed by atoms with Crippen molar-refractivity contribution in [2.75, 3.05) is 6.54 Å². The zero-order chi connectivity index (χ0) is 31.4. The zero-order valence-corrected chi connectivity index (χ0v) is 25.9. The van der Waals surface area contributed by atoms with E-state index in [-0.39, 0.29) is 24.3 Å². The number of ether oxygens (including phenoxy) is 1. The molecule has 1 saturated heterocycles. The second-order valence-electron chi connectivity index (χ2n) is 14.1. The van der Waals surface area contributed by atoms with Crippen LogP contribution in [0.3, 0.4) is 0 Å². The average Bonchev–Trinajstić information content (AvgIpc) is 3.65. The van der Waals surface area contributed by atoms with E-state index in [9.17, 15) is 28.8 Å². The number of likely N-dealkylation sites (tertiary alicyclic amines) is 1. The van der Waals surface area contributed by atoms with Gasteiger partial charge in [-0.15, -0.1) is 0 Å². The zero-order valence-electron chi connectivity index (χ0n) is 25.9. The highest BCUT2D eigenvalue weighted by Crippen LogP contribution is 2.37. The van der Waals surface area contributed by atoms with E-state index in [1.807, 2.05) is 13.8 Å². The number of nitrogens with one attached hydrogen (secondary N) is 3. The second kappa shape index (κ2) is 13.4. The number of carbonyl (C=O) groups is 6. The van der Waals surface area contributed by atoms with Gasteiger partial charge >= 0.3 is 12.0 Å². The molecule has 0 bridgehead atoms. The number of hydrogen-bond donors (Lipinski definition) is 4. The van der Waals surface area contributed by atoms with E-state index in [2.05, 4.69) is 16.0 Å². The van der Waals surface area contributed by atoms with Gasteiger partial charge in [-0.05, 0) is 70.6 Å². The summed E-state index contributed by atoms with van der Waals surface area (Å²) < 4.78 is 5.35. The van der Waals surface area contributed by atoms with Crippen LogP contribution < -0.4 is 21.7 Å². The van der Waals surface area contributed by atoms with Gasteiger partial charge in [0, 0.05) is 6.54 Å². The van der Waals surface area contributed by atoms with Crippen molar-refractivity contribution in [2.45, 2.75) is 129 Å². The van der Waals surface area contributed by atoms with Crippen LogP contribution in [0.2, 0.25) is 0 Å². The van der Waals surface area contributed by atoms with Crippen molar-refractivity contribution in [3.8, 4) is 0 Å². The van der Waals surface area contributed by atoms with Crippen LogP contribution in [0.5, 0.6) is 0 Å². The number of hydrogen-bond acceptors (Lipinski definition) is 7. The van der Waals surface area contributed by atoms with Crippen molar-refractivity contribution in [1.29, 1.82) is 0 Å². The van der Waals surface area contributed by atoms with Gasteiger partial charge in [-0.25, -0.2) is 9.59 Å². The van der Waals surface area contributed by atoms with Crippen LogP contribution in [0.15, 0.2) is 0 Å². The third-order valence-corrected chi connectivity index (χ3v) is 8.23. The Labute approximate surface area is 248 Å². The molecule has 12 nitrogen and oxygen atoms in total. The van der Waals surface area contributed by atoms with E-state index in [0.717, 1.165) is 44.9 Å². The molecule has 0 aromatic rings. The quantitative estimate of drug-likeness (QED) is 0.209. The number of Topliss-reactive ketones (excluding diaryl/α,β-unsaturated/α-hetero) is 1. The number of amides is 5. The Balaban J connectivity index is 1.78. The van der Waals surface area contributed by atoms with Crippen LogP contribution in [0.1, 0.15) is 99.3 Å². The van der Waals surface area contributed by atoms with E-state index in [4.69, 9.17) is 10.5 Å². The first-order chi connectivity index (χ1) is 19.5. The molecule has 3 aliphatic rings. The molecular formula is C30H49N5O7. The Hall–Kier alpha value is -3.18. The molecule has 42 heavy (non-hydrogen) atoms. The molecule has 0 aromatic heterocycles. The first-order valence-corrected chi connectivity index (χ1v) is 15.2. The van der Waals surface area contributed by atoms with Crippen molar-refractivity contribution in [3.63, 3.8) is 0 Å². The molecule has 236 valence electrons. The maximum absolute atomic E-state index is 14.2. The molecule has 2 aliphatic carbocycles. The van der Waals surface area contributed by atoms with E-state index in [1.54, 1.807) is 20.8 Å². The lowest BCUT2D eigenvalue weighted by Gasteiger charge is -2.35. The molecule has 3 fully saturated rings. The minimum Gasteiger partial charge on any atom is -0.458 e. The predicted octanol–water partition coefficient (Wildman–Crippen LogP) is 1.93. The lowest BCUT2D eigenvalue weighted by molar-refractivity contribution is -0.156. The molecule has 4 unspecified atom stereocenters. The monoisotopic (exact) mass is 591 g/mol. The summed E-state index contributed by atoms with van der Waals surface area (Å²) in [5.41, 5.74) is 4.13. The van der Waals surface area contributed by atoms with Gasteiger partial charge in [0.05, 0.1) is 6.04 Å².